The van der Waals surface area contributed by atoms with E-state index < -0.39 is 0 Å². The monoisotopic (exact) mass is 487 g/mol. The molecule has 8 heteroatoms. The summed E-state index contributed by atoms with van der Waals surface area (Å²) in [7, 11) is 0. The SMILES string of the molecule is CC12CCC(C/C1=N\N=C1/NC(=O)/C(=C/c3ccc(-c4c(Cl)cccc4Cl)o3)S1)C2(C)C. The highest BCUT2D eigenvalue weighted by molar-refractivity contribution is 8.18. The number of hydrogen-bond donors (Lipinski definition) is 1. The molecule has 1 saturated heterocycles. The van der Waals surface area contributed by atoms with Crippen molar-refractivity contribution in [3.8, 4) is 11.3 Å². The van der Waals surface area contributed by atoms with Gasteiger partial charge in [0.25, 0.3) is 5.91 Å². The molecule has 1 aromatic heterocycles. The van der Waals surface area contributed by atoms with Gasteiger partial charge in [-0.3, -0.25) is 10.1 Å². The molecule has 166 valence electrons. The Balaban J connectivity index is 1.36. The molecule has 0 radical (unpaired) electrons. The Labute approximate surface area is 201 Å². The first-order valence-corrected chi connectivity index (χ1v) is 12.2. The van der Waals surface area contributed by atoms with Crippen LogP contribution in [-0.4, -0.2) is 16.8 Å². The second-order valence-corrected chi connectivity index (χ2v) is 11.2. The normalized spacial score (nSPS) is 30.1. The predicted octanol–water partition coefficient (Wildman–Crippen LogP) is 7.02. The maximum Gasteiger partial charge on any atom is 0.264 e. The van der Waals surface area contributed by atoms with Crippen molar-refractivity contribution in [3.63, 3.8) is 0 Å². The number of nitrogens with one attached hydrogen (secondary N) is 1. The molecular weight excluding hydrogens is 465 g/mol. The van der Waals surface area contributed by atoms with Crippen LogP contribution in [0.15, 0.2) is 49.9 Å². The Bertz CT molecular complexity index is 1190. The van der Waals surface area contributed by atoms with Gasteiger partial charge in [-0.2, -0.15) is 5.10 Å². The smallest absolute Gasteiger partial charge is 0.264 e. The number of nitrogens with zero attached hydrogens (tertiary/aromatic N) is 2. The van der Waals surface area contributed by atoms with Gasteiger partial charge in [-0.25, -0.2) is 0 Å². The molecule has 3 aliphatic rings. The van der Waals surface area contributed by atoms with Crippen LogP contribution in [0.4, 0.5) is 0 Å². The van der Waals surface area contributed by atoms with Gasteiger partial charge in [0, 0.05) is 17.2 Å². The summed E-state index contributed by atoms with van der Waals surface area (Å²) in [5, 5.41) is 13.3. The minimum atomic E-state index is -0.220. The van der Waals surface area contributed by atoms with Gasteiger partial charge in [0.05, 0.1) is 20.5 Å². The summed E-state index contributed by atoms with van der Waals surface area (Å²) in [6.45, 7) is 6.96. The van der Waals surface area contributed by atoms with Crippen LogP contribution in [0.5, 0.6) is 0 Å². The van der Waals surface area contributed by atoms with Crippen LogP contribution in [0, 0.1) is 16.7 Å². The Morgan fingerprint density at radius 2 is 1.91 bits per heavy atom. The molecular formula is C24H23Cl2N3O2S. The molecule has 1 aromatic carbocycles. The molecule has 2 aromatic rings. The van der Waals surface area contributed by atoms with Gasteiger partial charge in [-0.1, -0.05) is 50.0 Å². The highest BCUT2D eigenvalue weighted by atomic mass is 35.5. The molecule has 1 aliphatic heterocycles. The quantitative estimate of drug-likeness (QED) is 0.373. The molecule has 1 amide bonds. The Kier molecular flexibility index (Phi) is 5.31. The number of carbonyl (C=O) groups excluding carboxylic acids is 1. The van der Waals surface area contributed by atoms with Gasteiger partial charge in [-0.15, -0.1) is 5.10 Å². The van der Waals surface area contributed by atoms with Gasteiger partial charge in [-0.05, 0) is 66.6 Å². The van der Waals surface area contributed by atoms with E-state index >= 15 is 0 Å². The van der Waals surface area contributed by atoms with E-state index in [1.165, 1.54) is 18.2 Å². The Morgan fingerprint density at radius 3 is 2.56 bits per heavy atom. The molecule has 2 unspecified atom stereocenters. The molecule has 2 aliphatic carbocycles. The fourth-order valence-corrected chi connectivity index (χ4v) is 6.42. The van der Waals surface area contributed by atoms with E-state index in [1.54, 1.807) is 36.4 Å². The molecule has 1 N–H and O–H groups in total. The fourth-order valence-electron chi connectivity index (χ4n) is 5.09. The van der Waals surface area contributed by atoms with E-state index in [0.717, 1.165) is 18.6 Å². The van der Waals surface area contributed by atoms with Crippen molar-refractivity contribution in [3.05, 3.63) is 51.0 Å². The minimum absolute atomic E-state index is 0.0816. The average molecular weight is 488 g/mol. The predicted molar refractivity (Wildman–Crippen MR) is 132 cm³/mol. The molecule has 2 bridgehead atoms. The number of thioether (sulfide) groups is 1. The molecule has 5 rings (SSSR count). The molecule has 3 fully saturated rings. The maximum atomic E-state index is 12.5. The Hall–Kier alpha value is -2.02. The number of furan rings is 1. The number of carbonyl (C=O) groups is 1. The van der Waals surface area contributed by atoms with Crippen LogP contribution in [-0.2, 0) is 4.79 Å². The van der Waals surface area contributed by atoms with Gasteiger partial charge in [0.2, 0.25) is 0 Å². The molecule has 0 spiro atoms. The van der Waals surface area contributed by atoms with Crippen molar-refractivity contribution in [2.45, 2.75) is 40.0 Å². The summed E-state index contributed by atoms with van der Waals surface area (Å²) in [6, 6.07) is 8.86. The van der Waals surface area contributed by atoms with Gasteiger partial charge < -0.3 is 4.42 Å². The summed E-state index contributed by atoms with van der Waals surface area (Å²) < 4.78 is 5.88. The summed E-state index contributed by atoms with van der Waals surface area (Å²) in [5.41, 5.74) is 2.10. The number of amidine groups is 1. The number of hydrogen-bond acceptors (Lipinski definition) is 5. The number of fused-ring (bicyclic) bond motifs is 2. The van der Waals surface area contributed by atoms with Crippen molar-refractivity contribution in [1.82, 2.24) is 5.32 Å². The zero-order valence-corrected chi connectivity index (χ0v) is 20.4. The van der Waals surface area contributed by atoms with E-state index in [-0.39, 0.29) is 16.7 Å². The van der Waals surface area contributed by atoms with Gasteiger partial charge >= 0.3 is 0 Å². The zero-order chi connectivity index (χ0) is 22.7. The van der Waals surface area contributed by atoms with E-state index in [2.05, 4.69) is 36.3 Å². The van der Waals surface area contributed by atoms with Crippen LogP contribution in [0.25, 0.3) is 17.4 Å². The lowest BCUT2D eigenvalue weighted by molar-refractivity contribution is -0.115. The van der Waals surface area contributed by atoms with Crippen LogP contribution in [0.2, 0.25) is 10.0 Å². The van der Waals surface area contributed by atoms with Crippen molar-refractivity contribution < 1.29 is 9.21 Å². The second-order valence-electron chi connectivity index (χ2n) is 9.31. The van der Waals surface area contributed by atoms with Gasteiger partial charge in [0.15, 0.2) is 5.17 Å². The van der Waals surface area contributed by atoms with E-state index in [9.17, 15) is 4.79 Å². The molecule has 5 nitrogen and oxygen atoms in total. The standard InChI is InChI=1S/C24H23Cl2N3O2S/c1-23(2)13-9-10-24(23,3)19(11-13)28-29-22-27-21(30)18(32-22)12-14-7-8-17(31-14)20-15(25)5-4-6-16(20)26/h4-8,12-13H,9-11H2,1-3H3,(H,27,29,30)/b18-12-,28-19+. The van der Waals surface area contributed by atoms with Crippen molar-refractivity contribution in [1.29, 1.82) is 0 Å². The number of rotatable bonds is 3. The van der Waals surface area contributed by atoms with Crippen LogP contribution >= 0.6 is 35.0 Å². The fraction of sp³-hybridized carbons (Fsp3) is 0.375. The van der Waals surface area contributed by atoms with Crippen LogP contribution in [0.3, 0.4) is 0 Å². The first kappa shape index (κ1) is 21.8. The number of halogens is 2. The third-order valence-electron chi connectivity index (χ3n) is 7.53. The summed E-state index contributed by atoms with van der Waals surface area (Å²) in [4.78, 5) is 12.9. The largest absolute Gasteiger partial charge is 0.457 e. The maximum absolute atomic E-state index is 12.5. The van der Waals surface area contributed by atoms with Crippen molar-refractivity contribution >= 4 is 57.8 Å². The molecule has 2 atom stereocenters. The topological polar surface area (TPSA) is 67.0 Å². The summed E-state index contributed by atoms with van der Waals surface area (Å²) >= 11 is 13.8. The lowest BCUT2D eigenvalue weighted by atomic mass is 9.70. The molecule has 2 heterocycles. The van der Waals surface area contributed by atoms with E-state index in [0.29, 0.717) is 43.1 Å². The van der Waals surface area contributed by atoms with Crippen molar-refractivity contribution in [2.24, 2.45) is 27.0 Å². The van der Waals surface area contributed by atoms with Crippen LogP contribution in [0.1, 0.15) is 45.8 Å². The van der Waals surface area contributed by atoms with Gasteiger partial charge in [0.1, 0.15) is 11.5 Å². The highest BCUT2D eigenvalue weighted by Crippen LogP contribution is 2.64. The summed E-state index contributed by atoms with van der Waals surface area (Å²) in [6.07, 6.45) is 5.07. The molecule has 32 heavy (non-hydrogen) atoms. The van der Waals surface area contributed by atoms with Crippen LogP contribution < -0.4 is 5.32 Å². The lowest BCUT2D eigenvalue weighted by Crippen LogP contribution is -2.32. The first-order valence-electron chi connectivity index (χ1n) is 10.6. The Morgan fingerprint density at radius 1 is 1.16 bits per heavy atom. The molecule has 2 saturated carbocycles. The van der Waals surface area contributed by atoms with E-state index in [4.69, 9.17) is 27.6 Å². The zero-order valence-electron chi connectivity index (χ0n) is 18.0. The number of benzene rings is 1. The first-order chi connectivity index (χ1) is 15.2. The second kappa shape index (κ2) is 7.79. The third kappa shape index (κ3) is 3.44. The highest BCUT2D eigenvalue weighted by Gasteiger charge is 2.60. The van der Waals surface area contributed by atoms with Crippen molar-refractivity contribution in [2.75, 3.05) is 0 Å². The van der Waals surface area contributed by atoms with E-state index in [1.807, 2.05) is 0 Å². The number of amides is 1. The minimum Gasteiger partial charge on any atom is -0.457 e. The summed E-state index contributed by atoms with van der Waals surface area (Å²) in [5.74, 6) is 1.52. The lowest BCUT2D eigenvalue weighted by Gasteiger charge is -2.34. The average Bonchev–Trinajstić information content (AvgIpc) is 3.43. The third-order valence-corrected chi connectivity index (χ3v) is 9.06.